The van der Waals surface area contributed by atoms with Gasteiger partial charge in [-0.3, -0.25) is 4.79 Å². The Labute approximate surface area is 195 Å². The Morgan fingerprint density at radius 2 is 1.61 bits per heavy atom. The van der Waals surface area contributed by atoms with E-state index in [1.165, 1.54) is 12.1 Å². The van der Waals surface area contributed by atoms with Crippen molar-refractivity contribution in [2.75, 3.05) is 23.4 Å². The number of rotatable bonds is 5. The lowest BCUT2D eigenvalue weighted by Gasteiger charge is -2.30. The summed E-state index contributed by atoms with van der Waals surface area (Å²) in [6.07, 6.45) is 0. The molecule has 1 saturated heterocycles. The number of hydrazine groups is 1. The van der Waals surface area contributed by atoms with E-state index in [-0.39, 0.29) is 17.6 Å². The number of nitrogens with zero attached hydrogens (tertiary/aromatic N) is 2. The Morgan fingerprint density at radius 1 is 0.935 bits per heavy atom. The van der Waals surface area contributed by atoms with Gasteiger partial charge in [-0.15, -0.1) is 0 Å². The fraction of sp³-hybridized carbons (Fsp3) is 0.174. The second kappa shape index (κ2) is 9.45. The minimum absolute atomic E-state index is 0.0981. The Balaban J connectivity index is 1.56. The summed E-state index contributed by atoms with van der Waals surface area (Å²) in [5.41, 5.74) is 2.37. The number of benzene rings is 3. The summed E-state index contributed by atoms with van der Waals surface area (Å²) in [4.78, 5) is 13.0. The number of amides is 1. The van der Waals surface area contributed by atoms with Gasteiger partial charge in [0.1, 0.15) is 5.82 Å². The van der Waals surface area contributed by atoms with Gasteiger partial charge in [0.2, 0.25) is 5.91 Å². The summed E-state index contributed by atoms with van der Waals surface area (Å²) in [6.45, 7) is 1.43. The topological polar surface area (TPSA) is 35.6 Å². The lowest BCUT2D eigenvalue weighted by Crippen LogP contribution is -2.36. The highest BCUT2D eigenvalue weighted by atomic mass is 35.5. The minimum atomic E-state index is -0.303. The molecule has 160 valence electrons. The second-order valence-corrected chi connectivity index (χ2v) is 8.62. The molecular formula is C23H19Cl3FN3O. The molecule has 4 rings (SSSR count). The van der Waals surface area contributed by atoms with Crippen LogP contribution in [0, 0.1) is 11.7 Å². The van der Waals surface area contributed by atoms with Gasteiger partial charge in [0.05, 0.1) is 16.6 Å². The maximum Gasteiger partial charge on any atom is 0.230 e. The van der Waals surface area contributed by atoms with Crippen LogP contribution in [0.25, 0.3) is 0 Å². The van der Waals surface area contributed by atoms with Crippen molar-refractivity contribution in [2.24, 2.45) is 5.92 Å². The maximum atomic E-state index is 13.3. The third-order valence-electron chi connectivity index (χ3n) is 5.11. The van der Waals surface area contributed by atoms with Crippen molar-refractivity contribution in [3.63, 3.8) is 0 Å². The van der Waals surface area contributed by atoms with Crippen molar-refractivity contribution in [1.29, 1.82) is 0 Å². The number of halogens is 4. The summed E-state index contributed by atoms with van der Waals surface area (Å²) in [5.74, 6) is -0.690. The average molecular weight is 479 g/mol. The molecule has 4 nitrogen and oxygen atoms in total. The SMILES string of the molecule is O=C(Nc1ccc(Cl)cc1)C1CN(Cc2ccc(F)cc2)N(c2ccc(Cl)cc2Cl)C1. The van der Waals surface area contributed by atoms with E-state index in [1.54, 1.807) is 48.5 Å². The fourth-order valence-corrected chi connectivity index (χ4v) is 4.20. The molecule has 0 aromatic heterocycles. The Hall–Kier alpha value is -2.31. The van der Waals surface area contributed by atoms with Crippen LogP contribution in [-0.4, -0.2) is 24.0 Å². The number of hydrogen-bond donors (Lipinski definition) is 1. The molecule has 1 aliphatic rings. The van der Waals surface area contributed by atoms with Gasteiger partial charge in [-0.2, -0.15) is 0 Å². The maximum absolute atomic E-state index is 13.3. The highest BCUT2D eigenvalue weighted by molar-refractivity contribution is 6.36. The lowest BCUT2D eigenvalue weighted by atomic mass is 10.1. The summed E-state index contributed by atoms with van der Waals surface area (Å²) in [6, 6.07) is 18.6. The first kappa shape index (κ1) is 21.9. The molecule has 3 aromatic rings. The molecule has 31 heavy (non-hydrogen) atoms. The van der Waals surface area contributed by atoms with E-state index >= 15 is 0 Å². The molecule has 1 heterocycles. The number of anilines is 2. The van der Waals surface area contributed by atoms with Crippen LogP contribution in [-0.2, 0) is 11.3 Å². The zero-order valence-electron chi connectivity index (χ0n) is 16.4. The predicted octanol–water partition coefficient (Wildman–Crippen LogP) is 6.28. The summed E-state index contributed by atoms with van der Waals surface area (Å²) >= 11 is 18.4. The van der Waals surface area contributed by atoms with E-state index in [0.717, 1.165) is 11.3 Å². The summed E-state index contributed by atoms with van der Waals surface area (Å²) in [7, 11) is 0. The van der Waals surface area contributed by atoms with Gasteiger partial charge in [-0.25, -0.2) is 9.40 Å². The first-order valence-corrected chi connectivity index (χ1v) is 10.8. The van der Waals surface area contributed by atoms with Crippen molar-refractivity contribution in [2.45, 2.75) is 6.54 Å². The van der Waals surface area contributed by atoms with Crippen LogP contribution in [0.1, 0.15) is 5.56 Å². The molecular weight excluding hydrogens is 460 g/mol. The summed E-state index contributed by atoms with van der Waals surface area (Å²) < 4.78 is 13.3. The quantitative estimate of drug-likeness (QED) is 0.469. The van der Waals surface area contributed by atoms with Crippen LogP contribution in [0.2, 0.25) is 15.1 Å². The van der Waals surface area contributed by atoms with Crippen LogP contribution in [0.15, 0.2) is 66.7 Å². The average Bonchev–Trinajstić information content (AvgIpc) is 3.15. The smallest absolute Gasteiger partial charge is 0.230 e. The fourth-order valence-electron chi connectivity index (χ4n) is 3.57. The van der Waals surface area contributed by atoms with Crippen LogP contribution in [0.3, 0.4) is 0 Å². The van der Waals surface area contributed by atoms with Gasteiger partial charge < -0.3 is 10.3 Å². The molecule has 1 aliphatic heterocycles. The molecule has 3 aromatic carbocycles. The van der Waals surface area contributed by atoms with E-state index in [0.29, 0.717) is 40.4 Å². The van der Waals surface area contributed by atoms with Gasteiger partial charge in [-0.1, -0.05) is 46.9 Å². The highest BCUT2D eigenvalue weighted by Crippen LogP contribution is 2.34. The van der Waals surface area contributed by atoms with Crippen molar-refractivity contribution < 1.29 is 9.18 Å². The first-order valence-electron chi connectivity index (χ1n) is 9.67. The van der Waals surface area contributed by atoms with E-state index in [2.05, 4.69) is 5.32 Å². The number of carbonyl (C=O) groups excluding carboxylic acids is 1. The van der Waals surface area contributed by atoms with Crippen molar-refractivity contribution in [3.05, 3.63) is 93.2 Å². The Morgan fingerprint density at radius 3 is 2.29 bits per heavy atom. The molecule has 1 fully saturated rings. The molecule has 1 atom stereocenters. The number of nitrogens with one attached hydrogen (secondary N) is 1. The molecule has 0 radical (unpaired) electrons. The molecule has 8 heteroatoms. The van der Waals surface area contributed by atoms with Crippen molar-refractivity contribution in [1.82, 2.24) is 5.01 Å². The number of carbonyl (C=O) groups is 1. The largest absolute Gasteiger partial charge is 0.326 e. The molecule has 0 saturated carbocycles. The van der Waals surface area contributed by atoms with Gasteiger partial charge in [-0.05, 0) is 60.2 Å². The molecule has 0 aliphatic carbocycles. The van der Waals surface area contributed by atoms with Crippen LogP contribution >= 0.6 is 34.8 Å². The standard InChI is InChI=1S/C23H19Cl3FN3O/c24-17-3-8-20(9-4-17)28-23(31)16-13-29(12-15-1-6-19(27)7-2-15)30(14-16)22-10-5-18(25)11-21(22)26/h1-11,16H,12-14H2,(H,28,31). The number of hydrogen-bond acceptors (Lipinski definition) is 3. The molecule has 1 amide bonds. The zero-order chi connectivity index (χ0) is 22.0. The van der Waals surface area contributed by atoms with Crippen LogP contribution in [0.4, 0.5) is 15.8 Å². The molecule has 0 spiro atoms. The van der Waals surface area contributed by atoms with E-state index in [4.69, 9.17) is 34.8 Å². The third kappa shape index (κ3) is 5.31. The van der Waals surface area contributed by atoms with E-state index in [1.807, 2.05) is 16.1 Å². The van der Waals surface area contributed by atoms with E-state index < -0.39 is 0 Å². The van der Waals surface area contributed by atoms with Crippen LogP contribution in [0.5, 0.6) is 0 Å². The van der Waals surface area contributed by atoms with Gasteiger partial charge in [0, 0.05) is 35.4 Å². The zero-order valence-corrected chi connectivity index (χ0v) is 18.6. The van der Waals surface area contributed by atoms with Gasteiger partial charge >= 0.3 is 0 Å². The molecule has 1 N–H and O–H groups in total. The predicted molar refractivity (Wildman–Crippen MR) is 124 cm³/mol. The van der Waals surface area contributed by atoms with E-state index in [9.17, 15) is 9.18 Å². The Bertz CT molecular complexity index is 1080. The normalized spacial score (nSPS) is 16.5. The van der Waals surface area contributed by atoms with Gasteiger partial charge in [0.15, 0.2) is 0 Å². The summed E-state index contributed by atoms with van der Waals surface area (Å²) in [5, 5.41) is 8.60. The molecule has 1 unspecified atom stereocenters. The van der Waals surface area contributed by atoms with Crippen molar-refractivity contribution in [3.8, 4) is 0 Å². The first-order chi connectivity index (χ1) is 14.9. The van der Waals surface area contributed by atoms with Crippen LogP contribution < -0.4 is 10.3 Å². The molecule has 0 bridgehead atoms. The van der Waals surface area contributed by atoms with Gasteiger partial charge in [0.25, 0.3) is 0 Å². The third-order valence-corrected chi connectivity index (χ3v) is 5.90. The highest BCUT2D eigenvalue weighted by Gasteiger charge is 2.35. The second-order valence-electron chi connectivity index (χ2n) is 7.34. The monoisotopic (exact) mass is 477 g/mol. The minimum Gasteiger partial charge on any atom is -0.326 e. The lowest BCUT2D eigenvalue weighted by molar-refractivity contribution is -0.119. The Kier molecular flexibility index (Phi) is 6.68. The van der Waals surface area contributed by atoms with Crippen molar-refractivity contribution >= 4 is 52.1 Å².